The summed E-state index contributed by atoms with van der Waals surface area (Å²) in [7, 11) is 0. The molecule has 2 aromatic rings. The van der Waals surface area contributed by atoms with Crippen molar-refractivity contribution in [2.75, 3.05) is 0 Å². The van der Waals surface area contributed by atoms with E-state index >= 15 is 0 Å². The maximum absolute atomic E-state index is 11.1. The molecule has 0 amide bonds. The van der Waals surface area contributed by atoms with E-state index in [1.54, 1.807) is 18.2 Å². The number of aryl methyl sites for hydroxylation is 1. The first-order valence-electron chi connectivity index (χ1n) is 5.97. The average molecular weight is 278 g/mol. The van der Waals surface area contributed by atoms with Gasteiger partial charge in [0.15, 0.2) is 5.82 Å². The van der Waals surface area contributed by atoms with Crippen LogP contribution in [0.1, 0.15) is 35.4 Å². The van der Waals surface area contributed by atoms with Crippen molar-refractivity contribution < 1.29 is 14.4 Å². The van der Waals surface area contributed by atoms with Gasteiger partial charge >= 0.3 is 5.97 Å². The van der Waals surface area contributed by atoms with Gasteiger partial charge in [-0.1, -0.05) is 24.2 Å². The second-order valence-electron chi connectivity index (χ2n) is 3.94. The Balaban J connectivity index is 2.03. The second kappa shape index (κ2) is 6.38. The van der Waals surface area contributed by atoms with Crippen molar-refractivity contribution in [3.63, 3.8) is 0 Å². The lowest BCUT2D eigenvalue weighted by Crippen LogP contribution is -1.98. The minimum atomic E-state index is -0.930. The Kier molecular flexibility index (Phi) is 4.57. The summed E-state index contributed by atoms with van der Waals surface area (Å²) in [6, 6.07) is 6.88. The van der Waals surface area contributed by atoms with Crippen LogP contribution >= 0.6 is 11.8 Å². The number of carbonyl (C=O) groups is 1. The van der Waals surface area contributed by atoms with Crippen molar-refractivity contribution in [3.8, 4) is 0 Å². The molecule has 0 bridgehead atoms. The molecule has 0 fully saturated rings. The predicted molar refractivity (Wildman–Crippen MR) is 71.3 cm³/mol. The number of carboxylic acids is 1. The van der Waals surface area contributed by atoms with Gasteiger partial charge in [-0.15, -0.1) is 11.8 Å². The zero-order chi connectivity index (χ0) is 13.7. The third-order valence-corrected chi connectivity index (χ3v) is 3.51. The van der Waals surface area contributed by atoms with E-state index in [0.717, 1.165) is 12.8 Å². The minimum absolute atomic E-state index is 0.292. The molecule has 2 rings (SSSR count). The Morgan fingerprint density at radius 3 is 2.95 bits per heavy atom. The Morgan fingerprint density at radius 2 is 2.21 bits per heavy atom. The smallest absolute Gasteiger partial charge is 0.336 e. The van der Waals surface area contributed by atoms with E-state index in [1.807, 2.05) is 13.0 Å². The number of aromatic nitrogens is 2. The van der Waals surface area contributed by atoms with Crippen LogP contribution in [-0.4, -0.2) is 21.2 Å². The Hall–Kier alpha value is -1.82. The van der Waals surface area contributed by atoms with Crippen molar-refractivity contribution >= 4 is 17.7 Å². The van der Waals surface area contributed by atoms with Gasteiger partial charge in [-0.05, 0) is 18.6 Å². The summed E-state index contributed by atoms with van der Waals surface area (Å²) in [5, 5.41) is 12.9. The van der Waals surface area contributed by atoms with Gasteiger partial charge in [0, 0.05) is 11.3 Å². The SMILES string of the molecule is CCCc1noc(CSc2ccccc2C(=O)O)n1. The quantitative estimate of drug-likeness (QED) is 0.818. The summed E-state index contributed by atoms with van der Waals surface area (Å²) in [5.74, 6) is 0.764. The highest BCUT2D eigenvalue weighted by molar-refractivity contribution is 7.98. The van der Waals surface area contributed by atoms with Crippen LogP contribution in [0.25, 0.3) is 0 Å². The van der Waals surface area contributed by atoms with E-state index < -0.39 is 5.97 Å². The molecule has 19 heavy (non-hydrogen) atoms. The van der Waals surface area contributed by atoms with Gasteiger partial charge in [-0.3, -0.25) is 0 Å². The molecule has 1 aromatic carbocycles. The van der Waals surface area contributed by atoms with Crippen LogP contribution in [-0.2, 0) is 12.2 Å². The van der Waals surface area contributed by atoms with Crippen LogP contribution in [0.2, 0.25) is 0 Å². The summed E-state index contributed by atoms with van der Waals surface area (Å²) >= 11 is 1.38. The molecule has 0 saturated heterocycles. The van der Waals surface area contributed by atoms with E-state index in [2.05, 4.69) is 10.1 Å². The van der Waals surface area contributed by atoms with Crippen LogP contribution in [0.5, 0.6) is 0 Å². The minimum Gasteiger partial charge on any atom is -0.478 e. The first-order valence-corrected chi connectivity index (χ1v) is 6.96. The predicted octanol–water partition coefficient (Wildman–Crippen LogP) is 3.01. The lowest BCUT2D eigenvalue weighted by molar-refractivity contribution is 0.0693. The van der Waals surface area contributed by atoms with Crippen LogP contribution in [0, 0.1) is 0 Å². The van der Waals surface area contributed by atoms with E-state index in [0.29, 0.717) is 27.9 Å². The number of benzene rings is 1. The molecule has 1 aromatic heterocycles. The summed E-state index contributed by atoms with van der Waals surface area (Å²) in [6.45, 7) is 2.05. The fourth-order valence-electron chi connectivity index (χ4n) is 1.58. The van der Waals surface area contributed by atoms with Crippen molar-refractivity contribution in [2.45, 2.75) is 30.4 Å². The Labute approximate surface area is 115 Å². The Morgan fingerprint density at radius 1 is 1.42 bits per heavy atom. The van der Waals surface area contributed by atoms with Gasteiger partial charge in [0.25, 0.3) is 0 Å². The van der Waals surface area contributed by atoms with Crippen LogP contribution in [0.4, 0.5) is 0 Å². The first-order chi connectivity index (χ1) is 9.20. The maximum Gasteiger partial charge on any atom is 0.336 e. The molecule has 0 aliphatic carbocycles. The second-order valence-corrected chi connectivity index (χ2v) is 4.96. The van der Waals surface area contributed by atoms with Crippen molar-refractivity contribution in [3.05, 3.63) is 41.5 Å². The van der Waals surface area contributed by atoms with Crippen molar-refractivity contribution in [1.82, 2.24) is 10.1 Å². The lowest BCUT2D eigenvalue weighted by atomic mass is 10.2. The number of carboxylic acid groups (broad SMARTS) is 1. The molecule has 0 unspecified atom stereocenters. The van der Waals surface area contributed by atoms with Crippen molar-refractivity contribution in [2.24, 2.45) is 0 Å². The number of hydrogen-bond acceptors (Lipinski definition) is 5. The third-order valence-electron chi connectivity index (χ3n) is 2.45. The first kappa shape index (κ1) is 13.6. The van der Waals surface area contributed by atoms with Crippen LogP contribution in [0.3, 0.4) is 0 Å². The van der Waals surface area contributed by atoms with Gasteiger partial charge in [0.2, 0.25) is 5.89 Å². The molecule has 6 heteroatoms. The van der Waals surface area contributed by atoms with Gasteiger partial charge in [0.1, 0.15) is 0 Å². The molecule has 0 aliphatic heterocycles. The topological polar surface area (TPSA) is 76.2 Å². The number of nitrogens with zero attached hydrogens (tertiary/aromatic N) is 2. The fourth-order valence-corrected chi connectivity index (χ4v) is 2.46. The molecular weight excluding hydrogens is 264 g/mol. The van der Waals surface area contributed by atoms with Gasteiger partial charge < -0.3 is 9.63 Å². The molecule has 0 aliphatic rings. The molecule has 1 N–H and O–H groups in total. The highest BCUT2D eigenvalue weighted by Gasteiger charge is 2.11. The molecule has 100 valence electrons. The van der Waals surface area contributed by atoms with Crippen LogP contribution in [0.15, 0.2) is 33.7 Å². The number of rotatable bonds is 6. The monoisotopic (exact) mass is 278 g/mol. The number of hydrogen-bond donors (Lipinski definition) is 1. The summed E-state index contributed by atoms with van der Waals surface area (Å²) in [6.07, 6.45) is 1.76. The summed E-state index contributed by atoms with van der Waals surface area (Å²) in [5.41, 5.74) is 0.292. The highest BCUT2D eigenvalue weighted by atomic mass is 32.2. The number of aromatic carboxylic acids is 1. The lowest BCUT2D eigenvalue weighted by Gasteiger charge is -2.02. The van der Waals surface area contributed by atoms with Gasteiger partial charge in [0.05, 0.1) is 11.3 Å². The molecule has 0 spiro atoms. The highest BCUT2D eigenvalue weighted by Crippen LogP contribution is 2.25. The summed E-state index contributed by atoms with van der Waals surface area (Å²) < 4.78 is 5.11. The van der Waals surface area contributed by atoms with E-state index in [4.69, 9.17) is 9.63 Å². The average Bonchev–Trinajstić information content (AvgIpc) is 2.85. The molecule has 5 nitrogen and oxygen atoms in total. The fraction of sp³-hybridized carbons (Fsp3) is 0.308. The number of thioether (sulfide) groups is 1. The molecular formula is C13H14N2O3S. The van der Waals surface area contributed by atoms with E-state index in [-0.39, 0.29) is 0 Å². The summed E-state index contributed by atoms with van der Waals surface area (Å²) in [4.78, 5) is 16.0. The van der Waals surface area contributed by atoms with Gasteiger partial charge in [-0.2, -0.15) is 4.98 Å². The van der Waals surface area contributed by atoms with Gasteiger partial charge in [-0.25, -0.2) is 4.79 Å². The Bertz CT molecular complexity index is 569. The molecule has 0 atom stereocenters. The molecule has 0 radical (unpaired) electrons. The van der Waals surface area contributed by atoms with Crippen LogP contribution < -0.4 is 0 Å². The molecule has 1 heterocycles. The normalized spacial score (nSPS) is 10.6. The van der Waals surface area contributed by atoms with E-state index in [9.17, 15) is 4.79 Å². The zero-order valence-corrected chi connectivity index (χ0v) is 11.3. The van der Waals surface area contributed by atoms with Crippen molar-refractivity contribution in [1.29, 1.82) is 0 Å². The standard InChI is InChI=1S/C13H14N2O3S/c1-2-5-11-14-12(18-15-11)8-19-10-7-4-3-6-9(10)13(16)17/h3-4,6-7H,2,5,8H2,1H3,(H,16,17). The largest absolute Gasteiger partial charge is 0.478 e. The molecule has 0 saturated carbocycles. The van der Waals surface area contributed by atoms with E-state index in [1.165, 1.54) is 11.8 Å². The third kappa shape index (κ3) is 3.57. The zero-order valence-electron chi connectivity index (χ0n) is 10.5. The maximum atomic E-state index is 11.1.